The summed E-state index contributed by atoms with van der Waals surface area (Å²) >= 11 is 0. The normalized spacial score (nSPS) is 20.7. The summed E-state index contributed by atoms with van der Waals surface area (Å²) in [5.41, 5.74) is 6.52. The predicted octanol–water partition coefficient (Wildman–Crippen LogP) is 2.60. The molecule has 3 rings (SSSR count). The van der Waals surface area contributed by atoms with E-state index in [1.54, 1.807) is 12.1 Å². The first kappa shape index (κ1) is 19.0. The Balaban J connectivity index is 1.78. The summed E-state index contributed by atoms with van der Waals surface area (Å²) in [5.74, 6) is -0.234. The molecule has 1 saturated carbocycles. The van der Waals surface area contributed by atoms with Crippen LogP contribution >= 0.6 is 0 Å². The van der Waals surface area contributed by atoms with Gasteiger partial charge in [0.1, 0.15) is 11.6 Å². The molecule has 2 aromatic rings. The van der Waals surface area contributed by atoms with Crippen LogP contribution < -0.4 is 16.4 Å². The Morgan fingerprint density at radius 2 is 2.07 bits per heavy atom. The molecule has 1 aromatic heterocycles. The lowest BCUT2D eigenvalue weighted by Gasteiger charge is -2.27. The van der Waals surface area contributed by atoms with Gasteiger partial charge in [-0.25, -0.2) is 9.37 Å². The fourth-order valence-corrected chi connectivity index (χ4v) is 3.26. The Labute approximate surface area is 157 Å². The number of carbonyl (C=O) groups excluding carboxylic acids is 1. The van der Waals surface area contributed by atoms with E-state index in [4.69, 9.17) is 5.73 Å². The van der Waals surface area contributed by atoms with Crippen molar-refractivity contribution in [1.82, 2.24) is 9.97 Å². The summed E-state index contributed by atoms with van der Waals surface area (Å²) in [6, 6.07) is 6.02. The van der Waals surface area contributed by atoms with Crippen molar-refractivity contribution in [3.05, 3.63) is 47.4 Å². The van der Waals surface area contributed by atoms with Crippen molar-refractivity contribution < 1.29 is 14.3 Å². The highest BCUT2D eigenvalue weighted by Crippen LogP contribution is 2.24. The highest BCUT2D eigenvalue weighted by atomic mass is 19.1. The zero-order valence-corrected chi connectivity index (χ0v) is 15.2. The number of aromatic nitrogens is 2. The summed E-state index contributed by atoms with van der Waals surface area (Å²) < 4.78 is 13.1. The molecule has 7 nitrogen and oxygen atoms in total. The van der Waals surface area contributed by atoms with E-state index in [2.05, 4.69) is 20.6 Å². The summed E-state index contributed by atoms with van der Waals surface area (Å²) in [6.45, 7) is 1.91. The number of aliphatic hydroxyl groups is 1. The average Bonchev–Trinajstić information content (AvgIpc) is 2.62. The van der Waals surface area contributed by atoms with Crippen LogP contribution in [0.3, 0.4) is 0 Å². The molecule has 27 heavy (non-hydrogen) atoms. The van der Waals surface area contributed by atoms with E-state index in [1.807, 2.05) is 6.92 Å². The van der Waals surface area contributed by atoms with E-state index < -0.39 is 5.91 Å². The van der Waals surface area contributed by atoms with Gasteiger partial charge in [-0.2, -0.15) is 4.98 Å². The minimum absolute atomic E-state index is 0.0177. The molecule has 8 heteroatoms. The van der Waals surface area contributed by atoms with Gasteiger partial charge in [-0.15, -0.1) is 0 Å². The molecule has 0 bridgehead atoms. The van der Waals surface area contributed by atoms with E-state index in [0.29, 0.717) is 18.2 Å². The smallest absolute Gasteiger partial charge is 0.254 e. The minimum atomic E-state index is -0.619. The van der Waals surface area contributed by atoms with Crippen molar-refractivity contribution in [1.29, 1.82) is 0 Å². The van der Waals surface area contributed by atoms with E-state index in [1.165, 1.54) is 18.3 Å². The molecule has 0 radical (unpaired) electrons. The maximum atomic E-state index is 13.1. The molecule has 5 N–H and O–H groups in total. The standard InChI is InChI=1S/C19H24FN5O2/c1-11(12-5-7-13(20)8-6-12)23-19-22-10-16(17(21)27)18(25-19)24-14-3-2-4-15(26)9-14/h5-8,10-11,14-15,26H,2-4,9H2,1H3,(H2,21,27)(H2,22,23,24,25)/t11?,14-,15+/m1/s1. The lowest BCUT2D eigenvalue weighted by molar-refractivity contribution is 0.100. The van der Waals surface area contributed by atoms with Crippen LogP contribution in [0.5, 0.6) is 0 Å². The summed E-state index contributed by atoms with van der Waals surface area (Å²) in [5, 5.41) is 16.2. The van der Waals surface area contributed by atoms with Gasteiger partial charge >= 0.3 is 0 Å². The molecule has 1 aromatic carbocycles. The molecule has 1 aliphatic carbocycles. The average molecular weight is 373 g/mol. The molecular weight excluding hydrogens is 349 g/mol. The van der Waals surface area contributed by atoms with Gasteiger partial charge in [0.2, 0.25) is 5.95 Å². The fourth-order valence-electron chi connectivity index (χ4n) is 3.26. The number of hydrogen-bond acceptors (Lipinski definition) is 6. The zero-order chi connectivity index (χ0) is 19.4. The van der Waals surface area contributed by atoms with Crippen LogP contribution in [0.1, 0.15) is 54.6 Å². The van der Waals surface area contributed by atoms with Gasteiger partial charge in [0, 0.05) is 12.2 Å². The van der Waals surface area contributed by atoms with Crippen molar-refractivity contribution in [2.24, 2.45) is 5.73 Å². The Kier molecular flexibility index (Phi) is 5.85. The predicted molar refractivity (Wildman–Crippen MR) is 101 cm³/mol. The van der Waals surface area contributed by atoms with Crippen LogP contribution in [-0.4, -0.2) is 33.1 Å². The van der Waals surface area contributed by atoms with E-state index in [0.717, 1.165) is 24.8 Å². The maximum absolute atomic E-state index is 13.1. The van der Waals surface area contributed by atoms with Gasteiger partial charge < -0.3 is 21.5 Å². The number of rotatable bonds is 6. The molecule has 0 saturated heterocycles. The van der Waals surface area contributed by atoms with Crippen molar-refractivity contribution >= 4 is 17.7 Å². The van der Waals surface area contributed by atoms with Gasteiger partial charge in [0.15, 0.2) is 0 Å². The number of primary amides is 1. The Hall–Kier alpha value is -2.74. The fraction of sp³-hybridized carbons (Fsp3) is 0.421. The minimum Gasteiger partial charge on any atom is -0.393 e. The van der Waals surface area contributed by atoms with Crippen molar-refractivity contribution in [2.45, 2.75) is 50.8 Å². The first-order chi connectivity index (χ1) is 12.9. The third-order valence-corrected chi connectivity index (χ3v) is 4.76. The van der Waals surface area contributed by atoms with Gasteiger partial charge in [0.05, 0.1) is 17.7 Å². The molecular formula is C19H24FN5O2. The molecule has 1 aliphatic rings. The first-order valence-corrected chi connectivity index (χ1v) is 9.06. The van der Waals surface area contributed by atoms with Gasteiger partial charge in [-0.3, -0.25) is 4.79 Å². The molecule has 1 fully saturated rings. The number of nitrogens with one attached hydrogen (secondary N) is 2. The monoisotopic (exact) mass is 373 g/mol. The molecule has 3 atom stereocenters. The second-order valence-corrected chi connectivity index (χ2v) is 6.90. The molecule has 144 valence electrons. The number of nitrogens with zero attached hydrogens (tertiary/aromatic N) is 2. The maximum Gasteiger partial charge on any atom is 0.254 e. The number of amides is 1. The van der Waals surface area contributed by atoms with Crippen molar-refractivity contribution in [3.63, 3.8) is 0 Å². The highest BCUT2D eigenvalue weighted by molar-refractivity contribution is 5.97. The number of halogens is 1. The molecule has 0 aliphatic heterocycles. The van der Waals surface area contributed by atoms with Crippen LogP contribution in [0.25, 0.3) is 0 Å². The number of anilines is 2. The van der Waals surface area contributed by atoms with Crippen LogP contribution in [0.4, 0.5) is 16.2 Å². The third-order valence-electron chi connectivity index (χ3n) is 4.76. The lowest BCUT2D eigenvalue weighted by Crippen LogP contribution is -2.31. The molecule has 1 heterocycles. The molecule has 0 spiro atoms. The summed E-state index contributed by atoms with van der Waals surface area (Å²) in [6.07, 6.45) is 4.20. The Bertz CT molecular complexity index is 799. The van der Waals surface area contributed by atoms with Crippen molar-refractivity contribution in [2.75, 3.05) is 10.6 Å². The van der Waals surface area contributed by atoms with Crippen molar-refractivity contribution in [3.8, 4) is 0 Å². The van der Waals surface area contributed by atoms with E-state index in [-0.39, 0.29) is 29.6 Å². The molecule has 1 unspecified atom stereocenters. The Morgan fingerprint density at radius 1 is 1.33 bits per heavy atom. The van der Waals surface area contributed by atoms with Crippen LogP contribution in [0, 0.1) is 5.82 Å². The zero-order valence-electron chi connectivity index (χ0n) is 15.2. The van der Waals surface area contributed by atoms with E-state index in [9.17, 15) is 14.3 Å². The lowest BCUT2D eigenvalue weighted by atomic mass is 9.93. The highest BCUT2D eigenvalue weighted by Gasteiger charge is 2.23. The Morgan fingerprint density at radius 3 is 2.74 bits per heavy atom. The van der Waals surface area contributed by atoms with Crippen LogP contribution in [0.2, 0.25) is 0 Å². The summed E-state index contributed by atoms with van der Waals surface area (Å²) in [4.78, 5) is 20.3. The SMILES string of the molecule is CC(Nc1ncc(C(N)=O)c(N[C@@H]2CCC[C@H](O)C2)n1)c1ccc(F)cc1. The quantitative estimate of drug-likeness (QED) is 0.619. The number of benzene rings is 1. The third kappa shape index (κ3) is 4.91. The first-order valence-electron chi connectivity index (χ1n) is 9.06. The van der Waals surface area contributed by atoms with Gasteiger partial charge in [-0.1, -0.05) is 12.1 Å². The number of aliphatic hydroxyl groups excluding tert-OH is 1. The van der Waals surface area contributed by atoms with Crippen LogP contribution in [-0.2, 0) is 0 Å². The van der Waals surface area contributed by atoms with E-state index >= 15 is 0 Å². The number of nitrogens with two attached hydrogens (primary N) is 1. The number of carbonyl (C=O) groups is 1. The molecule has 1 amide bonds. The number of hydrogen-bond donors (Lipinski definition) is 4. The van der Waals surface area contributed by atoms with Gasteiger partial charge in [0.25, 0.3) is 5.91 Å². The second kappa shape index (κ2) is 8.30. The topological polar surface area (TPSA) is 113 Å². The van der Waals surface area contributed by atoms with Gasteiger partial charge in [-0.05, 0) is 50.3 Å². The second-order valence-electron chi connectivity index (χ2n) is 6.90. The largest absolute Gasteiger partial charge is 0.393 e. The summed E-state index contributed by atoms with van der Waals surface area (Å²) in [7, 11) is 0. The van der Waals surface area contributed by atoms with Crippen LogP contribution in [0.15, 0.2) is 30.5 Å².